The van der Waals surface area contributed by atoms with Crippen molar-refractivity contribution in [3.63, 3.8) is 0 Å². The number of rotatable bonds is 0. The zero-order valence-corrected chi connectivity index (χ0v) is 56.0. The zero-order chi connectivity index (χ0) is 17.9. The van der Waals surface area contributed by atoms with Crippen molar-refractivity contribution in [1.82, 2.24) is 0 Å². The van der Waals surface area contributed by atoms with E-state index < -0.39 is 36.6 Å². The van der Waals surface area contributed by atoms with E-state index in [-0.39, 0.29) is 465 Å². The van der Waals surface area contributed by atoms with E-state index in [1.165, 1.54) is 0 Å². The Labute approximate surface area is 561 Å². The summed E-state index contributed by atoms with van der Waals surface area (Å²) in [5.74, 6) is 0. The van der Waals surface area contributed by atoms with Crippen LogP contribution in [0.2, 0.25) is 0 Å². The van der Waals surface area contributed by atoms with Crippen molar-refractivity contribution in [3.05, 3.63) is 0 Å². The van der Waals surface area contributed by atoms with E-state index in [1.807, 2.05) is 0 Å². The third-order valence-electron chi connectivity index (χ3n) is 0. The Hall–Kier alpha value is 14.6. The van der Waals surface area contributed by atoms with Crippen molar-refractivity contribution < 1.29 is 541 Å². The minimum atomic E-state index is -2.92. The largest absolute Gasteiger partial charge is 1.00 e. The van der Waals surface area contributed by atoms with E-state index in [0.717, 1.165) is 0 Å². The van der Waals surface area contributed by atoms with Crippen LogP contribution in [0, 0.1) is 0 Å². The molecule has 0 unspecified atom stereocenters. The van der Waals surface area contributed by atoms with Gasteiger partial charge in [-0.3, -0.25) is 36.6 Å². The first kappa shape index (κ1) is 169. The molecule has 0 aliphatic carbocycles. The first-order valence-electron chi connectivity index (χ1n) is 3.54. The first-order valence-corrected chi connectivity index (χ1v) is 3.54. The molecule has 19 nitrogen and oxygen atoms in total. The van der Waals surface area contributed by atoms with Crippen LogP contribution in [-0.4, -0.2) is 58.5 Å². The maximum absolute atomic E-state index is 8.42. The topological polar surface area (TPSA) is 472 Å². The Balaban J connectivity index is -0.00000000292. The molecule has 0 saturated carbocycles. The van der Waals surface area contributed by atoms with Gasteiger partial charge in [-0.25, -0.2) is 0 Å². The van der Waals surface area contributed by atoms with Crippen LogP contribution in [0.3, 0.4) is 0 Å². The van der Waals surface area contributed by atoms with Gasteiger partial charge in [-0.1, -0.05) is 0 Å². The molecule has 0 aromatic carbocycles. The summed E-state index contributed by atoms with van der Waals surface area (Å²) < 4.78 is 0. The number of hydrogen-bond acceptors (Lipinski definition) is 15. The molecule has 39 heteroatoms. The maximum Gasteiger partial charge on any atom is 1.00 e. The van der Waals surface area contributed by atoms with Crippen LogP contribution in [0.25, 0.3) is 0 Å². The third kappa shape index (κ3) is 634. The van der Waals surface area contributed by atoms with Gasteiger partial charge in [0.25, 0.3) is 0 Å². The molecule has 0 spiro atoms. The van der Waals surface area contributed by atoms with Gasteiger partial charge >= 0.3 is 443 Å². The van der Waals surface area contributed by atoms with Crippen LogP contribution in [0.5, 0.6) is 0 Å². The van der Waals surface area contributed by atoms with Gasteiger partial charge in [-0.15, -0.1) is 0 Å². The fraction of sp³-hybridized carbons (Fsp3) is 0. The maximum atomic E-state index is 8.42. The monoisotopic (exact) mass is 712 g/mol. The summed E-state index contributed by atoms with van der Waals surface area (Å²) in [6.45, 7) is 0. The second-order valence-corrected chi connectivity index (χ2v) is 1.44. The molecule has 0 heterocycles. The Morgan fingerprint density at radius 3 is 0.154 bits per heavy atom. The van der Waals surface area contributed by atoms with Crippen LogP contribution >= 0.6 is 0 Å². The van der Waals surface area contributed by atoms with Gasteiger partial charge in [0.1, 0.15) is 0 Å². The molecule has 0 aliphatic rings. The molecule has 0 bridgehead atoms. The van der Waals surface area contributed by atoms with E-state index in [9.17, 15) is 0 Å². The minimum Gasteiger partial charge on any atom is -0.907 e. The van der Waals surface area contributed by atoms with E-state index >= 15 is 0 Å². The molecule has 0 aliphatic heterocycles. The average Bonchev–Trinajstić information content (AvgIpc) is 1.94. The minimum absolute atomic E-state index is 0. The quantitative estimate of drug-likeness (QED) is 0.211. The SMILES string of the molecule is O.O.O.O.[Na+].[Na+].[Na+].[Na+].[Na+].[Na+].[Na+].[Na+].[Na+].[Na+].[Na+].[Na+].[Na+].[Na+].[Na+].[O-]B([O-])[O-].[O-]B([O-])[O-].[O-]B([O-])[O-].[O-]B([O-])[O-].[O-]B([O-])[O-]. The van der Waals surface area contributed by atoms with Crippen LogP contribution in [0.4, 0.5) is 0 Å². The molecule has 0 radical (unpaired) electrons. The van der Waals surface area contributed by atoms with Gasteiger partial charge in [-0.05, 0) is 0 Å². The van der Waals surface area contributed by atoms with E-state index in [1.54, 1.807) is 0 Å². The van der Waals surface area contributed by atoms with Crippen molar-refractivity contribution in [1.29, 1.82) is 0 Å². The molecule has 0 saturated heterocycles. The summed E-state index contributed by atoms with van der Waals surface area (Å²) >= 11 is 0. The summed E-state index contributed by atoms with van der Waals surface area (Å²) in [6, 6.07) is 0. The Morgan fingerprint density at radius 1 is 0.154 bits per heavy atom. The van der Waals surface area contributed by atoms with Crippen LogP contribution < -0.4 is 519 Å². The summed E-state index contributed by atoms with van der Waals surface area (Å²) in [7, 11) is -14.6. The van der Waals surface area contributed by atoms with Crippen molar-refractivity contribution in [2.75, 3.05) is 0 Å². The predicted molar refractivity (Wildman–Crippen MR) is 43.2 cm³/mol. The van der Waals surface area contributed by atoms with Gasteiger partial charge in [0.15, 0.2) is 0 Å². The molecule has 0 atom stereocenters. The molecule has 8 N–H and O–H groups in total. The standard InChI is InChI=1S/5BO3.15Na.4H2O/c5*2-1(3)4;;;;;;;;;;;;;;;;;;;/h;;;;;;;;;;;;;;;;;;;;4*1H2/q5*-3;15*+1;;;;. The summed E-state index contributed by atoms with van der Waals surface area (Å²) in [5, 5.41) is 126. The fourth-order valence-corrected chi connectivity index (χ4v) is 0. The molecule has 0 aromatic heterocycles. The molecular formula is H8B5Na15O19. The molecule has 0 rings (SSSR count). The number of hydrogen-bond donors (Lipinski definition) is 0. The van der Waals surface area contributed by atoms with Crippen molar-refractivity contribution >= 4 is 36.6 Å². The molecular weight excluding hydrogens is 703 g/mol. The normalized spacial score (nSPS) is 3.46. The van der Waals surface area contributed by atoms with E-state index in [2.05, 4.69) is 0 Å². The summed E-state index contributed by atoms with van der Waals surface area (Å²) in [4.78, 5) is 0. The van der Waals surface area contributed by atoms with Gasteiger partial charge in [-0.2, -0.15) is 0 Å². The molecule has 39 heavy (non-hydrogen) atoms. The molecule has 0 aromatic rings. The van der Waals surface area contributed by atoms with E-state index in [0.29, 0.717) is 0 Å². The van der Waals surface area contributed by atoms with E-state index in [4.69, 9.17) is 75.4 Å². The zero-order valence-electron chi connectivity index (χ0n) is 26.0. The Bertz CT molecular complexity index is 114. The second kappa shape index (κ2) is 160. The summed E-state index contributed by atoms with van der Waals surface area (Å²) in [5.41, 5.74) is 0. The molecule has 152 valence electrons. The predicted octanol–water partition coefficient (Wildman–Crippen LogP) is -68.0. The van der Waals surface area contributed by atoms with Crippen LogP contribution in [0.15, 0.2) is 0 Å². The second-order valence-electron chi connectivity index (χ2n) is 1.44. The van der Waals surface area contributed by atoms with Crippen molar-refractivity contribution in [3.8, 4) is 0 Å². The Morgan fingerprint density at radius 2 is 0.154 bits per heavy atom. The van der Waals surface area contributed by atoms with Crippen molar-refractivity contribution in [2.45, 2.75) is 0 Å². The first-order chi connectivity index (χ1) is 8.66. The molecule has 0 fully saturated rings. The van der Waals surface area contributed by atoms with Crippen LogP contribution in [-0.2, 0) is 0 Å². The smallest absolute Gasteiger partial charge is 0.907 e. The summed E-state index contributed by atoms with van der Waals surface area (Å²) in [6.07, 6.45) is 0. The van der Waals surface area contributed by atoms with Crippen LogP contribution in [0.1, 0.15) is 0 Å². The van der Waals surface area contributed by atoms with Gasteiger partial charge < -0.3 is 97.3 Å². The average molecular weight is 711 g/mol. The van der Waals surface area contributed by atoms with Crippen molar-refractivity contribution in [2.24, 2.45) is 0 Å². The van der Waals surface area contributed by atoms with Gasteiger partial charge in [0, 0.05) is 0 Å². The third-order valence-corrected chi connectivity index (χ3v) is 0. The Kier molecular flexibility index (Phi) is 694. The van der Waals surface area contributed by atoms with Gasteiger partial charge in [0.05, 0.1) is 0 Å². The van der Waals surface area contributed by atoms with Gasteiger partial charge in [0.2, 0.25) is 0 Å². The fourth-order valence-electron chi connectivity index (χ4n) is 0. The molecule has 0 amide bonds.